The summed E-state index contributed by atoms with van der Waals surface area (Å²) in [6.07, 6.45) is 3.52. The van der Waals surface area contributed by atoms with E-state index in [9.17, 15) is 9.90 Å². The van der Waals surface area contributed by atoms with Gasteiger partial charge in [0, 0.05) is 5.97 Å². The molecule has 0 aliphatic heterocycles. The van der Waals surface area contributed by atoms with E-state index >= 15 is 0 Å². The van der Waals surface area contributed by atoms with Crippen molar-refractivity contribution in [3.05, 3.63) is 0 Å². The molecule has 3 heteroatoms. The van der Waals surface area contributed by atoms with Crippen molar-refractivity contribution in [1.29, 1.82) is 0 Å². The van der Waals surface area contributed by atoms with E-state index in [0.717, 1.165) is 19.3 Å². The molecule has 0 radical (unpaired) electrons. The van der Waals surface area contributed by atoms with Crippen LogP contribution in [0.25, 0.3) is 0 Å². The molecule has 0 amide bonds. The monoisotopic (exact) mass is 182 g/mol. The van der Waals surface area contributed by atoms with Crippen LogP contribution in [0.2, 0.25) is 0 Å². The Hall–Kier alpha value is 1.11. The molecule has 0 saturated carbocycles. The van der Waals surface area contributed by atoms with Crippen molar-refractivity contribution in [1.82, 2.24) is 0 Å². The van der Waals surface area contributed by atoms with E-state index in [1.54, 1.807) is 0 Å². The van der Waals surface area contributed by atoms with Crippen molar-refractivity contribution in [3.63, 3.8) is 0 Å². The van der Waals surface area contributed by atoms with Gasteiger partial charge in [0.2, 0.25) is 0 Å². The molecule has 0 bridgehead atoms. The zero-order valence-corrected chi connectivity index (χ0v) is 10.8. The summed E-state index contributed by atoms with van der Waals surface area (Å²) < 4.78 is 0. The first-order chi connectivity index (χ1) is 4.72. The van der Waals surface area contributed by atoms with E-state index in [2.05, 4.69) is 6.92 Å². The Bertz CT molecular complexity index is 104. The SMILES string of the molecule is CCCCC(CC)C(=O)[O-].[K+]. The first-order valence-corrected chi connectivity index (χ1v) is 3.93. The maximum Gasteiger partial charge on any atom is 1.00 e. The predicted molar refractivity (Wildman–Crippen MR) is 38.3 cm³/mol. The molecule has 0 aromatic carbocycles. The summed E-state index contributed by atoms with van der Waals surface area (Å²) in [4.78, 5) is 10.3. The number of unbranched alkanes of at least 4 members (excludes halogenated alkanes) is 1. The van der Waals surface area contributed by atoms with Gasteiger partial charge in [-0.1, -0.05) is 26.7 Å². The van der Waals surface area contributed by atoms with Gasteiger partial charge in [0.25, 0.3) is 0 Å². The fraction of sp³-hybridized carbons (Fsp3) is 0.875. The van der Waals surface area contributed by atoms with Gasteiger partial charge in [-0.2, -0.15) is 0 Å². The topological polar surface area (TPSA) is 40.1 Å². The second kappa shape index (κ2) is 9.20. The molecule has 60 valence electrons. The van der Waals surface area contributed by atoms with Crippen molar-refractivity contribution in [2.45, 2.75) is 39.5 Å². The second-order valence-electron chi connectivity index (χ2n) is 2.57. The largest absolute Gasteiger partial charge is 1.00 e. The van der Waals surface area contributed by atoms with E-state index in [1.165, 1.54) is 0 Å². The van der Waals surface area contributed by atoms with Crippen LogP contribution in [0.4, 0.5) is 0 Å². The van der Waals surface area contributed by atoms with Gasteiger partial charge >= 0.3 is 51.4 Å². The van der Waals surface area contributed by atoms with Crippen LogP contribution in [0.1, 0.15) is 39.5 Å². The third-order valence-corrected chi connectivity index (χ3v) is 1.73. The van der Waals surface area contributed by atoms with Crippen molar-refractivity contribution >= 4 is 5.97 Å². The number of rotatable bonds is 5. The van der Waals surface area contributed by atoms with Gasteiger partial charge in [-0.3, -0.25) is 0 Å². The number of carbonyl (C=O) groups is 1. The second-order valence-corrected chi connectivity index (χ2v) is 2.57. The minimum absolute atomic E-state index is 0. The molecular formula is C8H15KO2. The molecule has 11 heavy (non-hydrogen) atoms. The van der Waals surface area contributed by atoms with E-state index < -0.39 is 5.97 Å². The molecule has 2 nitrogen and oxygen atoms in total. The molecule has 0 rings (SSSR count). The predicted octanol–water partition coefficient (Wildman–Crippen LogP) is -2.04. The molecule has 0 saturated heterocycles. The van der Waals surface area contributed by atoms with Crippen LogP contribution in [0.5, 0.6) is 0 Å². The summed E-state index contributed by atoms with van der Waals surface area (Å²) in [5.41, 5.74) is 0. The average Bonchev–Trinajstić information content (AvgIpc) is 1.89. The first kappa shape index (κ1) is 14.6. The molecule has 0 heterocycles. The van der Waals surface area contributed by atoms with Gasteiger partial charge < -0.3 is 9.90 Å². The molecule has 1 atom stereocenters. The summed E-state index contributed by atoms with van der Waals surface area (Å²) in [7, 11) is 0. The third kappa shape index (κ3) is 7.47. The van der Waals surface area contributed by atoms with Crippen molar-refractivity contribution in [2.75, 3.05) is 0 Å². The first-order valence-electron chi connectivity index (χ1n) is 3.93. The number of hydrogen-bond acceptors (Lipinski definition) is 2. The van der Waals surface area contributed by atoms with Gasteiger partial charge in [0.05, 0.1) is 0 Å². The number of carboxylic acids is 1. The molecule has 0 aliphatic rings. The van der Waals surface area contributed by atoms with Gasteiger partial charge in [-0.25, -0.2) is 0 Å². The van der Waals surface area contributed by atoms with Crippen LogP contribution < -0.4 is 56.5 Å². The fourth-order valence-electron chi connectivity index (χ4n) is 0.939. The summed E-state index contributed by atoms with van der Waals surface area (Å²) >= 11 is 0. The number of aliphatic carboxylic acids is 1. The fourth-order valence-corrected chi connectivity index (χ4v) is 0.939. The number of carbonyl (C=O) groups excluding carboxylic acids is 1. The van der Waals surface area contributed by atoms with Crippen LogP contribution in [-0.4, -0.2) is 5.97 Å². The molecular weight excluding hydrogens is 167 g/mol. The number of carboxylic acid groups (broad SMARTS) is 1. The minimum Gasteiger partial charge on any atom is -0.550 e. The quantitative estimate of drug-likeness (QED) is 0.460. The van der Waals surface area contributed by atoms with Gasteiger partial charge in [-0.15, -0.1) is 0 Å². The van der Waals surface area contributed by atoms with Crippen LogP contribution >= 0.6 is 0 Å². The average molecular weight is 182 g/mol. The smallest absolute Gasteiger partial charge is 0.550 e. The Morgan fingerprint density at radius 2 is 2.00 bits per heavy atom. The van der Waals surface area contributed by atoms with Gasteiger partial charge in [-0.05, 0) is 18.8 Å². The zero-order valence-electron chi connectivity index (χ0n) is 7.72. The Labute approximate surface area is 111 Å². The van der Waals surface area contributed by atoms with Gasteiger partial charge in [0.15, 0.2) is 0 Å². The normalized spacial score (nSPS) is 11.8. The molecule has 0 fully saturated rings. The molecule has 0 spiro atoms. The Kier molecular flexibility index (Phi) is 12.2. The summed E-state index contributed by atoms with van der Waals surface area (Å²) in [5, 5.41) is 10.3. The maximum absolute atomic E-state index is 10.3. The standard InChI is InChI=1S/C8H16O2.K/c1-3-5-6-7(4-2)8(9)10;/h7H,3-6H2,1-2H3,(H,9,10);/q;+1/p-1. The van der Waals surface area contributed by atoms with Crippen molar-refractivity contribution in [2.24, 2.45) is 5.92 Å². The van der Waals surface area contributed by atoms with E-state index in [4.69, 9.17) is 0 Å². The Morgan fingerprint density at radius 1 is 1.45 bits per heavy atom. The van der Waals surface area contributed by atoms with E-state index in [0.29, 0.717) is 6.42 Å². The minimum atomic E-state index is -0.893. The van der Waals surface area contributed by atoms with Crippen molar-refractivity contribution < 1.29 is 61.3 Å². The molecule has 1 unspecified atom stereocenters. The summed E-state index contributed by atoms with van der Waals surface area (Å²) in [6.45, 7) is 3.94. The maximum atomic E-state index is 10.3. The Balaban J connectivity index is 0. The van der Waals surface area contributed by atoms with Crippen LogP contribution in [0, 0.1) is 5.92 Å². The summed E-state index contributed by atoms with van der Waals surface area (Å²) in [6, 6.07) is 0. The summed E-state index contributed by atoms with van der Waals surface area (Å²) in [5.74, 6) is -1.11. The van der Waals surface area contributed by atoms with Crippen molar-refractivity contribution in [3.8, 4) is 0 Å². The van der Waals surface area contributed by atoms with E-state index in [-0.39, 0.29) is 57.3 Å². The van der Waals surface area contributed by atoms with E-state index in [1.807, 2.05) is 6.92 Å². The Morgan fingerprint density at radius 3 is 2.27 bits per heavy atom. The molecule has 0 N–H and O–H groups in total. The zero-order chi connectivity index (χ0) is 7.98. The molecule has 0 aliphatic carbocycles. The van der Waals surface area contributed by atoms with Gasteiger partial charge in [0.1, 0.15) is 0 Å². The molecule has 0 aromatic heterocycles. The van der Waals surface area contributed by atoms with Crippen LogP contribution in [0.3, 0.4) is 0 Å². The number of hydrogen-bond donors (Lipinski definition) is 0. The molecule has 0 aromatic rings. The van der Waals surface area contributed by atoms with Crippen LogP contribution in [-0.2, 0) is 4.79 Å². The van der Waals surface area contributed by atoms with Crippen LogP contribution in [0.15, 0.2) is 0 Å². The third-order valence-electron chi connectivity index (χ3n) is 1.73.